The average molecular weight is 353 g/mol. The minimum absolute atomic E-state index is 0.00214. The highest BCUT2D eigenvalue weighted by Gasteiger charge is 2.71. The molecule has 1 aromatic carbocycles. The number of nitrogens with zero attached hydrogens (tertiary/aromatic N) is 3. The number of aromatic nitrogens is 2. The molecule has 2 aliphatic rings. The van der Waals surface area contributed by atoms with Gasteiger partial charge in [0.05, 0.1) is 11.8 Å². The van der Waals surface area contributed by atoms with Crippen LogP contribution in [-0.2, 0) is 11.2 Å². The van der Waals surface area contributed by atoms with Crippen molar-refractivity contribution in [3.63, 3.8) is 0 Å². The SMILES string of the molecule is O=C(CCc1cnccn1)N1C[C@@H](O)[C@@]2(C1)[C@H](CO)[C@H]2c1ccccc1. The molecular weight excluding hydrogens is 330 g/mol. The number of rotatable bonds is 5. The zero-order valence-corrected chi connectivity index (χ0v) is 14.5. The summed E-state index contributed by atoms with van der Waals surface area (Å²) in [6.07, 6.45) is 5.18. The quantitative estimate of drug-likeness (QED) is 0.838. The highest BCUT2D eigenvalue weighted by molar-refractivity contribution is 5.77. The maximum Gasteiger partial charge on any atom is 0.223 e. The predicted molar refractivity (Wildman–Crippen MR) is 95.1 cm³/mol. The molecule has 6 heteroatoms. The Balaban J connectivity index is 1.45. The maximum atomic E-state index is 12.6. The molecule has 1 aromatic heterocycles. The topological polar surface area (TPSA) is 86.6 Å². The molecule has 2 heterocycles. The van der Waals surface area contributed by atoms with E-state index in [1.807, 2.05) is 30.3 Å². The lowest BCUT2D eigenvalue weighted by atomic mass is 9.95. The van der Waals surface area contributed by atoms with Crippen LogP contribution in [0.15, 0.2) is 48.9 Å². The summed E-state index contributed by atoms with van der Waals surface area (Å²) in [4.78, 5) is 22.6. The summed E-state index contributed by atoms with van der Waals surface area (Å²) in [7, 11) is 0. The molecule has 2 N–H and O–H groups in total. The molecule has 4 atom stereocenters. The fourth-order valence-electron chi connectivity index (χ4n) is 4.61. The zero-order chi connectivity index (χ0) is 18.1. The Kier molecular flexibility index (Phi) is 4.46. The van der Waals surface area contributed by atoms with Crippen molar-refractivity contribution in [3.8, 4) is 0 Å². The van der Waals surface area contributed by atoms with Gasteiger partial charge in [0.1, 0.15) is 0 Å². The number of carbonyl (C=O) groups excluding carboxylic acids is 1. The summed E-state index contributed by atoms with van der Waals surface area (Å²) < 4.78 is 0. The van der Waals surface area contributed by atoms with Gasteiger partial charge in [0.2, 0.25) is 5.91 Å². The van der Waals surface area contributed by atoms with E-state index < -0.39 is 11.5 Å². The number of likely N-dealkylation sites (tertiary alicyclic amines) is 1. The molecule has 6 nitrogen and oxygen atoms in total. The Bertz CT molecular complexity index is 770. The summed E-state index contributed by atoms with van der Waals surface area (Å²) >= 11 is 0. The highest BCUT2D eigenvalue weighted by atomic mass is 16.3. The van der Waals surface area contributed by atoms with Crippen LogP contribution in [0.2, 0.25) is 0 Å². The van der Waals surface area contributed by atoms with Gasteiger partial charge in [0.25, 0.3) is 0 Å². The first-order chi connectivity index (χ1) is 12.7. The van der Waals surface area contributed by atoms with E-state index in [9.17, 15) is 15.0 Å². The number of aliphatic hydroxyl groups is 2. The number of carbonyl (C=O) groups is 1. The second-order valence-electron chi connectivity index (χ2n) is 7.28. The molecule has 136 valence electrons. The van der Waals surface area contributed by atoms with Crippen molar-refractivity contribution in [2.45, 2.75) is 24.9 Å². The summed E-state index contributed by atoms with van der Waals surface area (Å²) in [5, 5.41) is 20.6. The first-order valence-electron chi connectivity index (χ1n) is 9.03. The fraction of sp³-hybridized carbons (Fsp3) is 0.450. The van der Waals surface area contributed by atoms with Crippen LogP contribution in [0.1, 0.15) is 23.6 Å². The van der Waals surface area contributed by atoms with Crippen molar-refractivity contribution in [1.82, 2.24) is 14.9 Å². The normalized spacial score (nSPS) is 29.9. The van der Waals surface area contributed by atoms with Gasteiger partial charge in [-0.1, -0.05) is 30.3 Å². The summed E-state index contributed by atoms with van der Waals surface area (Å²) in [5.74, 6) is 0.112. The standard InChI is InChI=1S/C20H23N3O3/c24-12-16-19(14-4-2-1-3-5-14)20(16)13-23(11-17(20)25)18(26)7-6-15-10-21-8-9-22-15/h1-5,8-10,16-17,19,24-25H,6-7,11-13H2/t16-,17-,19-,20-/m1/s1. The monoisotopic (exact) mass is 353 g/mol. The average Bonchev–Trinajstić information content (AvgIpc) is 3.22. The maximum absolute atomic E-state index is 12.6. The minimum Gasteiger partial charge on any atom is -0.396 e. The molecule has 2 fully saturated rings. The summed E-state index contributed by atoms with van der Waals surface area (Å²) in [6.45, 7) is 0.857. The molecule has 1 saturated carbocycles. The molecule has 0 radical (unpaired) electrons. The van der Waals surface area contributed by atoms with E-state index in [1.165, 1.54) is 0 Å². The van der Waals surface area contributed by atoms with Gasteiger partial charge in [-0.2, -0.15) is 0 Å². The van der Waals surface area contributed by atoms with Crippen LogP contribution >= 0.6 is 0 Å². The van der Waals surface area contributed by atoms with E-state index in [1.54, 1.807) is 23.5 Å². The van der Waals surface area contributed by atoms with Crippen molar-refractivity contribution >= 4 is 5.91 Å². The van der Waals surface area contributed by atoms with Gasteiger partial charge < -0.3 is 15.1 Å². The van der Waals surface area contributed by atoms with Crippen LogP contribution in [-0.4, -0.2) is 56.8 Å². The van der Waals surface area contributed by atoms with Crippen LogP contribution in [0.25, 0.3) is 0 Å². The molecule has 1 saturated heterocycles. The first-order valence-corrected chi connectivity index (χ1v) is 9.03. The van der Waals surface area contributed by atoms with Crippen LogP contribution in [0, 0.1) is 11.3 Å². The lowest BCUT2D eigenvalue weighted by molar-refractivity contribution is -0.130. The van der Waals surface area contributed by atoms with E-state index in [4.69, 9.17) is 0 Å². The molecule has 1 aliphatic carbocycles. The number of hydrogen-bond donors (Lipinski definition) is 2. The van der Waals surface area contributed by atoms with E-state index >= 15 is 0 Å². The van der Waals surface area contributed by atoms with E-state index in [0.717, 1.165) is 11.3 Å². The number of hydrogen-bond acceptors (Lipinski definition) is 5. The Morgan fingerprint density at radius 2 is 2.08 bits per heavy atom. The Morgan fingerprint density at radius 3 is 2.77 bits per heavy atom. The van der Waals surface area contributed by atoms with Crippen LogP contribution < -0.4 is 0 Å². The van der Waals surface area contributed by atoms with Gasteiger partial charge in [-0.25, -0.2) is 0 Å². The van der Waals surface area contributed by atoms with Crippen LogP contribution in [0.3, 0.4) is 0 Å². The third-order valence-electron chi connectivity index (χ3n) is 5.96. The number of β-amino-alcohol motifs (C(OH)–C–C–N with tert-alkyl or cyclic N) is 1. The first kappa shape index (κ1) is 17.1. The molecule has 1 amide bonds. The predicted octanol–water partition coefficient (Wildman–Crippen LogP) is 1.00. The Labute approximate surface area is 152 Å². The second kappa shape index (κ2) is 6.78. The summed E-state index contributed by atoms with van der Waals surface area (Å²) in [5.41, 5.74) is 1.50. The van der Waals surface area contributed by atoms with Gasteiger partial charge >= 0.3 is 0 Å². The largest absolute Gasteiger partial charge is 0.396 e. The van der Waals surface area contributed by atoms with Gasteiger partial charge in [0, 0.05) is 50.1 Å². The lowest BCUT2D eigenvalue weighted by Gasteiger charge is -2.16. The summed E-state index contributed by atoms with van der Waals surface area (Å²) in [6, 6.07) is 9.97. The molecule has 4 rings (SSSR count). The minimum atomic E-state index is -0.606. The van der Waals surface area contributed by atoms with E-state index in [2.05, 4.69) is 9.97 Å². The van der Waals surface area contributed by atoms with Crippen molar-refractivity contribution in [1.29, 1.82) is 0 Å². The van der Waals surface area contributed by atoms with E-state index in [0.29, 0.717) is 25.9 Å². The number of amides is 1. The van der Waals surface area contributed by atoms with Crippen molar-refractivity contribution in [2.75, 3.05) is 19.7 Å². The number of aliphatic hydroxyl groups excluding tert-OH is 2. The molecule has 0 unspecified atom stereocenters. The second-order valence-corrected chi connectivity index (χ2v) is 7.28. The van der Waals surface area contributed by atoms with Gasteiger partial charge in [-0.3, -0.25) is 14.8 Å². The molecule has 1 aliphatic heterocycles. The molecule has 1 spiro atoms. The number of benzene rings is 1. The third-order valence-corrected chi connectivity index (χ3v) is 5.96. The molecule has 26 heavy (non-hydrogen) atoms. The third kappa shape index (κ3) is 2.79. The van der Waals surface area contributed by atoms with E-state index in [-0.39, 0.29) is 24.3 Å². The van der Waals surface area contributed by atoms with Crippen molar-refractivity contribution < 1.29 is 15.0 Å². The van der Waals surface area contributed by atoms with Gasteiger partial charge in [0.15, 0.2) is 0 Å². The van der Waals surface area contributed by atoms with Crippen molar-refractivity contribution in [2.24, 2.45) is 11.3 Å². The van der Waals surface area contributed by atoms with Gasteiger partial charge in [-0.15, -0.1) is 0 Å². The van der Waals surface area contributed by atoms with Gasteiger partial charge in [-0.05, 0) is 23.8 Å². The number of aryl methyl sites for hydroxylation is 1. The molecule has 0 bridgehead atoms. The zero-order valence-electron chi connectivity index (χ0n) is 14.5. The molecular formula is C20H23N3O3. The smallest absolute Gasteiger partial charge is 0.223 e. The molecule has 2 aromatic rings. The Morgan fingerprint density at radius 1 is 1.27 bits per heavy atom. The fourth-order valence-corrected chi connectivity index (χ4v) is 4.61. The van der Waals surface area contributed by atoms with Crippen LogP contribution in [0.5, 0.6) is 0 Å². The van der Waals surface area contributed by atoms with Crippen LogP contribution in [0.4, 0.5) is 0 Å². The van der Waals surface area contributed by atoms with Crippen molar-refractivity contribution in [3.05, 3.63) is 60.2 Å². The Hall–Kier alpha value is -2.31. The highest BCUT2D eigenvalue weighted by Crippen LogP contribution is 2.68. The lowest BCUT2D eigenvalue weighted by Crippen LogP contribution is -2.30.